The van der Waals surface area contributed by atoms with Gasteiger partial charge in [0.1, 0.15) is 5.69 Å². The zero-order chi connectivity index (χ0) is 15.4. The molecule has 0 aliphatic carbocycles. The summed E-state index contributed by atoms with van der Waals surface area (Å²) < 4.78 is 1.62. The van der Waals surface area contributed by atoms with Crippen LogP contribution in [-0.4, -0.2) is 44.9 Å². The molecule has 2 rings (SSSR count). The molecule has 1 fully saturated rings. The lowest BCUT2D eigenvalue weighted by Crippen LogP contribution is -2.44. The van der Waals surface area contributed by atoms with Crippen molar-refractivity contribution >= 4 is 17.7 Å². The Bertz CT molecular complexity index is 481. The molecule has 0 aromatic carbocycles. The third kappa shape index (κ3) is 4.01. The maximum Gasteiger partial charge on any atom is 0.269 e. The molecule has 1 aromatic heterocycles. The molecule has 6 heteroatoms. The van der Waals surface area contributed by atoms with Crippen LogP contribution >= 0.6 is 11.8 Å². The van der Waals surface area contributed by atoms with Gasteiger partial charge < -0.3 is 10.4 Å². The third-order valence-electron chi connectivity index (χ3n) is 4.07. The van der Waals surface area contributed by atoms with Gasteiger partial charge in [-0.1, -0.05) is 13.8 Å². The van der Waals surface area contributed by atoms with Crippen LogP contribution in [0.3, 0.4) is 0 Å². The van der Waals surface area contributed by atoms with Crippen molar-refractivity contribution in [2.24, 2.45) is 13.0 Å². The summed E-state index contributed by atoms with van der Waals surface area (Å²) in [4.78, 5) is 12.4. The lowest BCUT2D eigenvalue weighted by atomic mass is 9.94. The Morgan fingerprint density at radius 1 is 1.52 bits per heavy atom. The molecular formula is C15H25N3O2S. The smallest absolute Gasteiger partial charge is 0.269 e. The first kappa shape index (κ1) is 16.4. The Kier molecular flexibility index (Phi) is 5.70. The number of aromatic nitrogens is 2. The maximum absolute atomic E-state index is 12.4. The molecule has 1 aromatic rings. The zero-order valence-electron chi connectivity index (χ0n) is 13.0. The van der Waals surface area contributed by atoms with Crippen molar-refractivity contribution in [3.8, 4) is 0 Å². The Hall–Kier alpha value is -1.01. The number of hydrogen-bond acceptors (Lipinski definition) is 4. The molecule has 2 heterocycles. The number of aryl methyl sites for hydroxylation is 1. The van der Waals surface area contributed by atoms with Gasteiger partial charge in [0.25, 0.3) is 5.91 Å². The van der Waals surface area contributed by atoms with Gasteiger partial charge in [0.05, 0.1) is 18.3 Å². The van der Waals surface area contributed by atoms with Gasteiger partial charge in [0.2, 0.25) is 0 Å². The molecule has 5 nitrogen and oxygen atoms in total. The topological polar surface area (TPSA) is 67.2 Å². The lowest BCUT2D eigenvalue weighted by molar-refractivity contribution is 0.0875. The van der Waals surface area contributed by atoms with Crippen LogP contribution in [0.15, 0.2) is 6.07 Å². The number of amides is 1. The molecule has 1 saturated heterocycles. The molecule has 1 amide bonds. The van der Waals surface area contributed by atoms with Crippen molar-refractivity contribution < 1.29 is 9.90 Å². The minimum atomic E-state index is -0.157. The average Bonchev–Trinajstić information content (AvgIpc) is 2.88. The number of thioether (sulfide) groups is 1. The highest BCUT2D eigenvalue weighted by Gasteiger charge is 2.26. The van der Waals surface area contributed by atoms with E-state index in [2.05, 4.69) is 24.3 Å². The molecule has 2 N–H and O–H groups in total. The van der Waals surface area contributed by atoms with E-state index in [1.54, 1.807) is 11.7 Å². The summed E-state index contributed by atoms with van der Waals surface area (Å²) in [6, 6.07) is 1.68. The van der Waals surface area contributed by atoms with Gasteiger partial charge in [-0.3, -0.25) is 9.48 Å². The number of aliphatic hydroxyl groups excluding tert-OH is 1. The Labute approximate surface area is 130 Å². The van der Waals surface area contributed by atoms with Crippen LogP contribution in [-0.2, 0) is 7.05 Å². The molecule has 1 aliphatic heterocycles. The van der Waals surface area contributed by atoms with Gasteiger partial charge in [0, 0.05) is 7.05 Å². The van der Waals surface area contributed by atoms with Crippen molar-refractivity contribution in [1.82, 2.24) is 15.1 Å². The van der Waals surface area contributed by atoms with Crippen LogP contribution < -0.4 is 5.32 Å². The largest absolute Gasteiger partial charge is 0.394 e. The van der Waals surface area contributed by atoms with Crippen molar-refractivity contribution in [2.75, 3.05) is 18.1 Å². The van der Waals surface area contributed by atoms with E-state index in [9.17, 15) is 9.90 Å². The van der Waals surface area contributed by atoms with E-state index in [1.165, 1.54) is 0 Å². The fourth-order valence-electron chi connectivity index (χ4n) is 2.66. The summed E-state index contributed by atoms with van der Waals surface area (Å²) in [6.45, 7) is 4.11. The Balaban J connectivity index is 2.05. The van der Waals surface area contributed by atoms with Crippen LogP contribution in [0.1, 0.15) is 48.8 Å². The van der Waals surface area contributed by atoms with E-state index in [0.717, 1.165) is 30.0 Å². The van der Waals surface area contributed by atoms with Gasteiger partial charge in [0.15, 0.2) is 0 Å². The normalized spacial score (nSPS) is 18.0. The van der Waals surface area contributed by atoms with E-state index in [-0.39, 0.29) is 18.6 Å². The average molecular weight is 311 g/mol. The Morgan fingerprint density at radius 2 is 2.19 bits per heavy atom. The quantitative estimate of drug-likeness (QED) is 0.870. The van der Waals surface area contributed by atoms with E-state index < -0.39 is 0 Å². The Morgan fingerprint density at radius 3 is 2.71 bits per heavy atom. The molecule has 0 radical (unpaired) electrons. The van der Waals surface area contributed by atoms with E-state index in [1.807, 2.05) is 17.8 Å². The standard InChI is InChI=1S/C15H25N3O2S/c1-10(2)12-8-14(18(3)17-12)15(20)16-13(9-19)11-4-6-21-7-5-11/h8,10-11,13,19H,4-7,9H2,1-3H3,(H,16,20). The predicted octanol–water partition coefficient (Wildman–Crippen LogP) is 1.78. The van der Waals surface area contributed by atoms with Gasteiger partial charge in [-0.2, -0.15) is 16.9 Å². The summed E-state index contributed by atoms with van der Waals surface area (Å²) in [6.07, 6.45) is 2.11. The summed E-state index contributed by atoms with van der Waals surface area (Å²) in [5.74, 6) is 2.74. The van der Waals surface area contributed by atoms with Crippen molar-refractivity contribution in [2.45, 2.75) is 38.6 Å². The van der Waals surface area contributed by atoms with Gasteiger partial charge >= 0.3 is 0 Å². The number of carbonyl (C=O) groups excluding carboxylic acids is 1. The highest BCUT2D eigenvalue weighted by atomic mass is 32.2. The predicted molar refractivity (Wildman–Crippen MR) is 85.7 cm³/mol. The molecule has 0 saturated carbocycles. The molecule has 118 valence electrons. The summed E-state index contributed by atoms with van der Waals surface area (Å²) >= 11 is 1.94. The van der Waals surface area contributed by atoms with Crippen molar-refractivity contribution in [1.29, 1.82) is 0 Å². The van der Waals surface area contributed by atoms with Crippen LogP contribution in [0.25, 0.3) is 0 Å². The maximum atomic E-state index is 12.4. The van der Waals surface area contributed by atoms with Gasteiger partial charge in [-0.25, -0.2) is 0 Å². The molecule has 21 heavy (non-hydrogen) atoms. The van der Waals surface area contributed by atoms with Crippen LogP contribution in [0, 0.1) is 5.92 Å². The highest BCUT2D eigenvalue weighted by molar-refractivity contribution is 7.99. The molecule has 1 atom stereocenters. The van der Waals surface area contributed by atoms with Gasteiger partial charge in [-0.15, -0.1) is 0 Å². The van der Waals surface area contributed by atoms with Crippen LogP contribution in [0.5, 0.6) is 0 Å². The second kappa shape index (κ2) is 7.31. The first-order valence-electron chi connectivity index (χ1n) is 7.56. The number of nitrogens with zero attached hydrogens (tertiary/aromatic N) is 2. The summed E-state index contributed by atoms with van der Waals surface area (Å²) in [7, 11) is 1.78. The zero-order valence-corrected chi connectivity index (χ0v) is 13.8. The molecular weight excluding hydrogens is 286 g/mol. The number of aliphatic hydroxyl groups is 1. The van der Waals surface area contributed by atoms with Crippen molar-refractivity contribution in [3.63, 3.8) is 0 Å². The lowest BCUT2D eigenvalue weighted by Gasteiger charge is -2.29. The highest BCUT2D eigenvalue weighted by Crippen LogP contribution is 2.25. The minimum Gasteiger partial charge on any atom is -0.394 e. The van der Waals surface area contributed by atoms with E-state index in [4.69, 9.17) is 0 Å². The van der Waals surface area contributed by atoms with Gasteiger partial charge in [-0.05, 0) is 42.2 Å². The number of rotatable bonds is 5. The molecule has 1 aliphatic rings. The monoisotopic (exact) mass is 311 g/mol. The fraction of sp³-hybridized carbons (Fsp3) is 0.733. The number of nitrogens with one attached hydrogen (secondary N) is 1. The molecule has 0 bridgehead atoms. The second-order valence-corrected chi connectivity index (χ2v) is 7.17. The minimum absolute atomic E-state index is 0.00401. The third-order valence-corrected chi connectivity index (χ3v) is 5.12. The molecule has 1 unspecified atom stereocenters. The van der Waals surface area contributed by atoms with Crippen LogP contribution in [0.2, 0.25) is 0 Å². The SMILES string of the molecule is CC(C)c1cc(C(=O)NC(CO)C2CCSCC2)n(C)n1. The van der Waals surface area contributed by atoms with Crippen molar-refractivity contribution in [3.05, 3.63) is 17.5 Å². The number of hydrogen-bond donors (Lipinski definition) is 2. The first-order chi connectivity index (χ1) is 10.0. The number of carbonyl (C=O) groups is 1. The first-order valence-corrected chi connectivity index (χ1v) is 8.71. The van der Waals surface area contributed by atoms with E-state index >= 15 is 0 Å². The van der Waals surface area contributed by atoms with E-state index in [0.29, 0.717) is 17.5 Å². The summed E-state index contributed by atoms with van der Waals surface area (Å²) in [5, 5.41) is 16.9. The van der Waals surface area contributed by atoms with Crippen LogP contribution in [0.4, 0.5) is 0 Å². The fourth-order valence-corrected chi connectivity index (χ4v) is 3.80. The molecule has 0 spiro atoms. The second-order valence-electron chi connectivity index (χ2n) is 5.95. The summed E-state index contributed by atoms with van der Waals surface area (Å²) in [5.41, 5.74) is 1.47.